The highest BCUT2D eigenvalue weighted by Crippen LogP contribution is 2.35. The van der Waals surface area contributed by atoms with E-state index in [0.29, 0.717) is 12.0 Å². The highest BCUT2D eigenvalue weighted by atomic mass is 15.1. The summed E-state index contributed by atoms with van der Waals surface area (Å²) in [6, 6.07) is 0.350. The van der Waals surface area contributed by atoms with Crippen LogP contribution < -0.4 is 16.8 Å². The van der Waals surface area contributed by atoms with Crippen molar-refractivity contribution < 1.29 is 0 Å². The maximum absolute atomic E-state index is 6.41. The van der Waals surface area contributed by atoms with Gasteiger partial charge < -0.3 is 16.8 Å². The van der Waals surface area contributed by atoms with Gasteiger partial charge in [0.05, 0.1) is 0 Å². The van der Waals surface area contributed by atoms with E-state index in [1.807, 2.05) is 0 Å². The summed E-state index contributed by atoms with van der Waals surface area (Å²) < 4.78 is 0. The third-order valence-electron chi connectivity index (χ3n) is 4.07. The number of hydrogen-bond acceptors (Lipinski definition) is 3. The van der Waals surface area contributed by atoms with Crippen molar-refractivity contribution in [1.29, 1.82) is 0 Å². The Hall–Kier alpha value is -0.120. The Morgan fingerprint density at radius 2 is 1.61 bits per heavy atom. The van der Waals surface area contributed by atoms with Crippen LogP contribution in [0.5, 0.6) is 0 Å². The van der Waals surface area contributed by atoms with Gasteiger partial charge in [-0.2, -0.15) is 0 Å². The largest absolute Gasteiger partial charge is 0.330 e. The van der Waals surface area contributed by atoms with E-state index >= 15 is 0 Å². The minimum atomic E-state index is 0.210. The van der Waals surface area contributed by atoms with Gasteiger partial charge in [-0.15, -0.1) is 0 Å². The molecule has 0 aliphatic carbocycles. The van der Waals surface area contributed by atoms with Crippen LogP contribution in [0.2, 0.25) is 0 Å². The average Bonchev–Trinajstić information content (AvgIpc) is 2.19. The number of nitrogens with two attached hydrogens (primary N) is 2. The second-order valence-electron chi connectivity index (χ2n) is 7.36. The molecule has 0 aromatic rings. The van der Waals surface area contributed by atoms with Gasteiger partial charge in [0, 0.05) is 17.1 Å². The third kappa shape index (κ3) is 5.25. The van der Waals surface area contributed by atoms with Crippen LogP contribution in [0.3, 0.4) is 0 Å². The molecule has 1 atom stereocenters. The zero-order valence-corrected chi connectivity index (χ0v) is 12.8. The molecule has 1 aliphatic rings. The Bertz CT molecular complexity index is 232. The summed E-state index contributed by atoms with van der Waals surface area (Å²) >= 11 is 0. The summed E-state index contributed by atoms with van der Waals surface area (Å²) in [5, 5.41) is 3.72. The molecule has 0 aromatic carbocycles. The second kappa shape index (κ2) is 6.36. The van der Waals surface area contributed by atoms with Crippen molar-refractivity contribution in [3.05, 3.63) is 0 Å². The van der Waals surface area contributed by atoms with Crippen LogP contribution in [-0.2, 0) is 0 Å². The quantitative estimate of drug-likeness (QED) is 0.639. The van der Waals surface area contributed by atoms with Crippen molar-refractivity contribution in [3.8, 4) is 0 Å². The molecule has 0 bridgehead atoms. The maximum atomic E-state index is 6.41. The van der Waals surface area contributed by atoms with Crippen LogP contribution in [-0.4, -0.2) is 23.7 Å². The Kier molecular flexibility index (Phi) is 5.63. The molecule has 3 heteroatoms. The summed E-state index contributed by atoms with van der Waals surface area (Å²) in [7, 11) is 0. The smallest absolute Gasteiger partial charge is 0.0133 e. The third-order valence-corrected chi connectivity index (χ3v) is 4.07. The van der Waals surface area contributed by atoms with E-state index < -0.39 is 0 Å². The molecule has 1 unspecified atom stereocenters. The Balaban J connectivity index is 2.44. The number of hydrogen-bond donors (Lipinski definition) is 3. The summed E-state index contributed by atoms with van der Waals surface area (Å²) in [4.78, 5) is 0. The molecule has 3 nitrogen and oxygen atoms in total. The lowest BCUT2D eigenvalue weighted by molar-refractivity contribution is 0.110. The van der Waals surface area contributed by atoms with Gasteiger partial charge in [-0.3, -0.25) is 0 Å². The van der Waals surface area contributed by atoms with Gasteiger partial charge in [0.1, 0.15) is 0 Å². The first kappa shape index (κ1) is 15.9. The van der Waals surface area contributed by atoms with E-state index in [1.54, 1.807) is 0 Å². The van der Waals surface area contributed by atoms with Crippen molar-refractivity contribution in [2.75, 3.05) is 6.54 Å². The first-order valence-electron chi connectivity index (χ1n) is 7.51. The van der Waals surface area contributed by atoms with E-state index in [1.165, 1.54) is 25.7 Å². The van der Waals surface area contributed by atoms with Crippen molar-refractivity contribution in [2.24, 2.45) is 17.4 Å². The molecule has 1 saturated heterocycles. The van der Waals surface area contributed by atoms with Crippen LogP contribution in [0, 0.1) is 5.92 Å². The molecule has 1 aliphatic heterocycles. The van der Waals surface area contributed by atoms with Crippen LogP contribution in [0.4, 0.5) is 0 Å². The van der Waals surface area contributed by atoms with Crippen molar-refractivity contribution in [1.82, 2.24) is 5.32 Å². The van der Waals surface area contributed by atoms with Gasteiger partial charge in [0.15, 0.2) is 0 Å². The van der Waals surface area contributed by atoms with Crippen LogP contribution in [0.15, 0.2) is 0 Å². The van der Waals surface area contributed by atoms with E-state index in [-0.39, 0.29) is 11.1 Å². The van der Waals surface area contributed by atoms with E-state index in [4.69, 9.17) is 11.5 Å². The minimum Gasteiger partial charge on any atom is -0.330 e. The maximum Gasteiger partial charge on any atom is 0.0133 e. The first-order valence-corrected chi connectivity index (χ1v) is 7.51. The summed E-state index contributed by atoms with van der Waals surface area (Å²) in [5.74, 6) is 0.647. The summed E-state index contributed by atoms with van der Waals surface area (Å²) in [5.41, 5.74) is 12.4. The SMILES string of the molecule is CC1(C)CC(C(N)CCCCCN)CC(C)(C)N1. The average molecular weight is 255 g/mol. The van der Waals surface area contributed by atoms with Crippen LogP contribution >= 0.6 is 0 Å². The Labute approximate surface area is 113 Å². The van der Waals surface area contributed by atoms with E-state index in [2.05, 4.69) is 33.0 Å². The molecule has 1 heterocycles. The number of piperidine rings is 1. The molecular formula is C15H33N3. The molecule has 0 amide bonds. The Morgan fingerprint density at radius 3 is 2.11 bits per heavy atom. The summed E-state index contributed by atoms with van der Waals surface area (Å²) in [6.45, 7) is 9.98. The van der Waals surface area contributed by atoms with Gasteiger partial charge in [-0.25, -0.2) is 0 Å². The minimum absolute atomic E-state index is 0.210. The van der Waals surface area contributed by atoms with Gasteiger partial charge in [0.2, 0.25) is 0 Å². The lowest BCUT2D eigenvalue weighted by Crippen LogP contribution is -2.60. The molecule has 1 fully saturated rings. The fourth-order valence-corrected chi connectivity index (χ4v) is 3.64. The lowest BCUT2D eigenvalue weighted by atomic mass is 9.72. The molecule has 0 aromatic heterocycles. The lowest BCUT2D eigenvalue weighted by Gasteiger charge is -2.48. The van der Waals surface area contributed by atoms with Gasteiger partial charge in [-0.05, 0) is 65.8 Å². The highest BCUT2D eigenvalue weighted by Gasteiger charge is 2.39. The van der Waals surface area contributed by atoms with Crippen LogP contribution in [0.1, 0.15) is 66.2 Å². The van der Waals surface area contributed by atoms with Crippen LogP contribution in [0.25, 0.3) is 0 Å². The van der Waals surface area contributed by atoms with Crippen molar-refractivity contribution in [3.63, 3.8) is 0 Å². The zero-order valence-electron chi connectivity index (χ0n) is 12.8. The molecule has 1 rings (SSSR count). The Morgan fingerprint density at radius 1 is 1.06 bits per heavy atom. The molecule has 0 radical (unpaired) electrons. The predicted octanol–water partition coefficient (Wildman–Crippen LogP) is 2.39. The monoisotopic (exact) mass is 255 g/mol. The first-order chi connectivity index (χ1) is 8.26. The highest BCUT2D eigenvalue weighted by molar-refractivity contribution is 4.99. The second-order valence-corrected chi connectivity index (χ2v) is 7.36. The number of rotatable bonds is 6. The number of nitrogens with one attached hydrogen (secondary N) is 1. The van der Waals surface area contributed by atoms with E-state index in [0.717, 1.165) is 19.4 Å². The molecule has 0 saturated carbocycles. The van der Waals surface area contributed by atoms with E-state index in [9.17, 15) is 0 Å². The molecule has 5 N–H and O–H groups in total. The van der Waals surface area contributed by atoms with Gasteiger partial charge >= 0.3 is 0 Å². The fourth-order valence-electron chi connectivity index (χ4n) is 3.64. The van der Waals surface area contributed by atoms with Gasteiger partial charge in [0.25, 0.3) is 0 Å². The predicted molar refractivity (Wildman–Crippen MR) is 79.5 cm³/mol. The standard InChI is InChI=1S/C15H33N3/c1-14(2)10-12(11-15(3,4)18-14)13(17)8-6-5-7-9-16/h12-13,18H,5-11,16-17H2,1-4H3. The topological polar surface area (TPSA) is 64.1 Å². The summed E-state index contributed by atoms with van der Waals surface area (Å²) in [6.07, 6.45) is 7.11. The van der Waals surface area contributed by atoms with Crippen molar-refractivity contribution >= 4 is 0 Å². The van der Waals surface area contributed by atoms with Gasteiger partial charge in [-0.1, -0.05) is 12.8 Å². The zero-order chi connectivity index (χ0) is 13.8. The number of unbranched alkanes of at least 4 members (excludes halogenated alkanes) is 2. The fraction of sp³-hybridized carbons (Fsp3) is 1.00. The molecule has 18 heavy (non-hydrogen) atoms. The molecular weight excluding hydrogens is 222 g/mol. The van der Waals surface area contributed by atoms with Crippen molar-refractivity contribution in [2.45, 2.75) is 83.3 Å². The normalized spacial score (nSPS) is 25.0. The molecule has 0 spiro atoms. The molecule has 108 valence electrons.